The van der Waals surface area contributed by atoms with E-state index in [0.717, 1.165) is 37.9 Å². The molecule has 3 rings (SSSR count). The van der Waals surface area contributed by atoms with Gasteiger partial charge in [-0.1, -0.05) is 30.3 Å². The van der Waals surface area contributed by atoms with Crippen LogP contribution in [0.15, 0.2) is 30.3 Å². The second kappa shape index (κ2) is 9.66. The molecule has 0 aliphatic carbocycles. The Kier molecular flexibility index (Phi) is 7.26. The number of hydrogen-bond acceptors (Lipinski definition) is 4. The van der Waals surface area contributed by atoms with Crippen molar-refractivity contribution in [2.75, 3.05) is 26.2 Å². The van der Waals surface area contributed by atoms with Crippen molar-refractivity contribution >= 4 is 15.9 Å². The molecule has 6 nitrogen and oxygen atoms in total. The zero-order chi connectivity index (χ0) is 19.1. The Balaban J connectivity index is 1.39. The number of amides is 1. The Morgan fingerprint density at radius 3 is 2.41 bits per heavy atom. The van der Waals surface area contributed by atoms with E-state index in [9.17, 15) is 13.2 Å². The van der Waals surface area contributed by atoms with Crippen molar-refractivity contribution in [3.8, 4) is 0 Å². The molecular formula is C20H31N3O3S. The minimum atomic E-state index is -3.30. The number of rotatable bonds is 7. The molecule has 27 heavy (non-hydrogen) atoms. The van der Waals surface area contributed by atoms with Gasteiger partial charge >= 0.3 is 0 Å². The lowest BCUT2D eigenvalue weighted by molar-refractivity contribution is -0.122. The first-order valence-corrected chi connectivity index (χ1v) is 11.7. The number of sulfonamides is 1. The summed E-state index contributed by atoms with van der Waals surface area (Å²) < 4.78 is 26.8. The summed E-state index contributed by atoms with van der Waals surface area (Å²) in [6.07, 6.45) is 5.23. The van der Waals surface area contributed by atoms with Crippen LogP contribution in [0.25, 0.3) is 0 Å². The predicted molar refractivity (Wildman–Crippen MR) is 107 cm³/mol. The van der Waals surface area contributed by atoms with Crippen LogP contribution in [0.4, 0.5) is 0 Å². The molecule has 2 fully saturated rings. The molecule has 150 valence electrons. The first kappa shape index (κ1) is 20.3. The summed E-state index contributed by atoms with van der Waals surface area (Å²) in [4.78, 5) is 12.2. The van der Waals surface area contributed by atoms with E-state index in [1.54, 1.807) is 4.31 Å². The number of benzene rings is 1. The van der Waals surface area contributed by atoms with Crippen LogP contribution in [-0.4, -0.2) is 50.9 Å². The summed E-state index contributed by atoms with van der Waals surface area (Å²) in [5.41, 5.74) is 0.811. The third-order valence-electron chi connectivity index (χ3n) is 5.64. The fourth-order valence-corrected chi connectivity index (χ4v) is 5.52. The largest absolute Gasteiger partial charge is 0.353 e. The van der Waals surface area contributed by atoms with Crippen molar-refractivity contribution in [1.82, 2.24) is 14.9 Å². The van der Waals surface area contributed by atoms with Crippen molar-refractivity contribution in [2.24, 2.45) is 5.92 Å². The van der Waals surface area contributed by atoms with Gasteiger partial charge in [0.05, 0.1) is 5.75 Å². The molecule has 0 saturated carbocycles. The first-order valence-electron chi connectivity index (χ1n) is 10.0. The molecule has 0 bridgehead atoms. The summed E-state index contributed by atoms with van der Waals surface area (Å²) in [6.45, 7) is 3.08. The Morgan fingerprint density at radius 2 is 1.74 bits per heavy atom. The van der Waals surface area contributed by atoms with Gasteiger partial charge in [0.25, 0.3) is 0 Å². The van der Waals surface area contributed by atoms with E-state index in [0.29, 0.717) is 38.3 Å². The molecule has 2 aliphatic rings. The van der Waals surface area contributed by atoms with Gasteiger partial charge in [-0.05, 0) is 56.7 Å². The van der Waals surface area contributed by atoms with Crippen molar-refractivity contribution in [1.29, 1.82) is 0 Å². The van der Waals surface area contributed by atoms with E-state index in [1.807, 2.05) is 30.3 Å². The molecular weight excluding hydrogens is 362 g/mol. The summed E-state index contributed by atoms with van der Waals surface area (Å²) in [7, 11) is -3.30. The smallest absolute Gasteiger partial charge is 0.220 e. The number of nitrogens with zero attached hydrogens (tertiary/aromatic N) is 1. The zero-order valence-electron chi connectivity index (χ0n) is 15.9. The van der Waals surface area contributed by atoms with Gasteiger partial charge in [0, 0.05) is 25.6 Å². The first-order chi connectivity index (χ1) is 13.0. The SMILES string of the molecule is O=C(CCC1CCNCC1)NC1CCN(S(=O)(=O)Cc2ccccc2)CC1. The Bertz CT molecular complexity index is 694. The van der Waals surface area contributed by atoms with Crippen LogP contribution in [0.3, 0.4) is 0 Å². The minimum Gasteiger partial charge on any atom is -0.353 e. The highest BCUT2D eigenvalue weighted by atomic mass is 32.2. The van der Waals surface area contributed by atoms with Gasteiger partial charge in [-0.15, -0.1) is 0 Å². The number of hydrogen-bond donors (Lipinski definition) is 2. The molecule has 2 heterocycles. The van der Waals surface area contributed by atoms with Crippen molar-refractivity contribution < 1.29 is 13.2 Å². The maximum Gasteiger partial charge on any atom is 0.220 e. The molecule has 0 unspecified atom stereocenters. The molecule has 2 N–H and O–H groups in total. The molecule has 2 aliphatic heterocycles. The van der Waals surface area contributed by atoms with Crippen LogP contribution in [0, 0.1) is 5.92 Å². The number of nitrogens with one attached hydrogen (secondary N) is 2. The topological polar surface area (TPSA) is 78.5 Å². The highest BCUT2D eigenvalue weighted by Gasteiger charge is 2.28. The molecule has 0 atom stereocenters. The van der Waals surface area contributed by atoms with Gasteiger partial charge in [-0.25, -0.2) is 12.7 Å². The van der Waals surface area contributed by atoms with Crippen LogP contribution >= 0.6 is 0 Å². The molecule has 0 spiro atoms. The third kappa shape index (κ3) is 6.30. The van der Waals surface area contributed by atoms with E-state index in [2.05, 4.69) is 10.6 Å². The maximum atomic E-state index is 12.6. The number of carbonyl (C=O) groups excluding carboxylic acids is 1. The number of carbonyl (C=O) groups is 1. The van der Waals surface area contributed by atoms with Crippen molar-refractivity contribution in [3.63, 3.8) is 0 Å². The van der Waals surface area contributed by atoms with Crippen LogP contribution in [0.1, 0.15) is 44.1 Å². The third-order valence-corrected chi connectivity index (χ3v) is 7.49. The van der Waals surface area contributed by atoms with Crippen LogP contribution in [0.2, 0.25) is 0 Å². The van der Waals surface area contributed by atoms with Gasteiger partial charge in [0.1, 0.15) is 0 Å². The van der Waals surface area contributed by atoms with Gasteiger partial charge in [0.15, 0.2) is 0 Å². The Morgan fingerprint density at radius 1 is 1.07 bits per heavy atom. The summed E-state index contributed by atoms with van der Waals surface area (Å²) in [5, 5.41) is 6.45. The van der Waals surface area contributed by atoms with E-state index >= 15 is 0 Å². The van der Waals surface area contributed by atoms with Gasteiger partial charge < -0.3 is 10.6 Å². The molecule has 1 amide bonds. The lowest BCUT2D eigenvalue weighted by Crippen LogP contribution is -2.46. The fraction of sp³-hybridized carbons (Fsp3) is 0.650. The van der Waals surface area contributed by atoms with Crippen LogP contribution in [0.5, 0.6) is 0 Å². The highest BCUT2D eigenvalue weighted by Crippen LogP contribution is 2.20. The van der Waals surface area contributed by atoms with E-state index < -0.39 is 10.0 Å². The average molecular weight is 394 g/mol. The van der Waals surface area contributed by atoms with Crippen LogP contribution in [-0.2, 0) is 20.6 Å². The predicted octanol–water partition coefficient (Wildman–Crippen LogP) is 1.88. The van der Waals surface area contributed by atoms with Gasteiger partial charge in [-0.3, -0.25) is 4.79 Å². The number of piperidine rings is 2. The molecule has 1 aromatic rings. The van der Waals surface area contributed by atoms with Gasteiger partial charge in [0.2, 0.25) is 15.9 Å². The van der Waals surface area contributed by atoms with E-state index in [-0.39, 0.29) is 17.7 Å². The standard InChI is InChI=1S/C20H31N3O3S/c24-20(7-6-17-8-12-21-13-9-17)22-19-10-14-23(15-11-19)27(25,26)16-18-4-2-1-3-5-18/h1-5,17,19,21H,6-16H2,(H,22,24). The highest BCUT2D eigenvalue weighted by molar-refractivity contribution is 7.88. The minimum absolute atomic E-state index is 0.0428. The molecule has 1 aromatic carbocycles. The second-order valence-electron chi connectivity index (χ2n) is 7.71. The van der Waals surface area contributed by atoms with E-state index in [1.165, 1.54) is 0 Å². The second-order valence-corrected chi connectivity index (χ2v) is 9.68. The molecule has 0 aromatic heterocycles. The van der Waals surface area contributed by atoms with E-state index in [4.69, 9.17) is 0 Å². The molecule has 2 saturated heterocycles. The molecule has 7 heteroatoms. The van der Waals surface area contributed by atoms with Crippen molar-refractivity contribution in [2.45, 2.75) is 50.3 Å². The average Bonchev–Trinajstić information content (AvgIpc) is 2.68. The lowest BCUT2D eigenvalue weighted by Gasteiger charge is -2.32. The monoisotopic (exact) mass is 393 g/mol. The summed E-state index contributed by atoms with van der Waals surface area (Å²) >= 11 is 0. The van der Waals surface area contributed by atoms with Gasteiger partial charge in [-0.2, -0.15) is 0 Å². The summed E-state index contributed by atoms with van der Waals surface area (Å²) in [6, 6.07) is 9.37. The Labute approximate surface area is 162 Å². The fourth-order valence-electron chi connectivity index (χ4n) is 3.96. The quantitative estimate of drug-likeness (QED) is 0.741. The lowest BCUT2D eigenvalue weighted by atomic mass is 9.93. The Hall–Kier alpha value is -1.44. The maximum absolute atomic E-state index is 12.6. The molecule has 0 radical (unpaired) electrons. The summed E-state index contributed by atoms with van der Waals surface area (Å²) in [5.74, 6) is 0.808. The normalized spacial score (nSPS) is 20.4. The zero-order valence-corrected chi connectivity index (χ0v) is 16.7. The van der Waals surface area contributed by atoms with Crippen LogP contribution < -0.4 is 10.6 Å². The van der Waals surface area contributed by atoms with Crippen molar-refractivity contribution in [3.05, 3.63) is 35.9 Å².